The van der Waals surface area contributed by atoms with Crippen molar-refractivity contribution < 1.29 is 24.2 Å². The number of nitrogens with zero attached hydrogens (tertiary/aromatic N) is 2. The van der Waals surface area contributed by atoms with Crippen molar-refractivity contribution in [3.05, 3.63) is 60.2 Å². The molecule has 1 heterocycles. The number of nitrogens with one attached hydrogen (secondary N) is 1. The number of anilines is 2. The molecule has 2 aromatic carbocycles. The molecular weight excluding hydrogens is 398 g/mol. The summed E-state index contributed by atoms with van der Waals surface area (Å²) in [6, 6.07) is 16.6. The molecule has 0 spiro atoms. The summed E-state index contributed by atoms with van der Waals surface area (Å²) in [6.07, 6.45) is -0.177. The molecule has 1 aliphatic rings. The van der Waals surface area contributed by atoms with Gasteiger partial charge < -0.3 is 20.1 Å². The largest absolute Gasteiger partial charge is 0.481 e. The van der Waals surface area contributed by atoms with Gasteiger partial charge in [-0.05, 0) is 24.3 Å². The lowest BCUT2D eigenvalue weighted by Crippen LogP contribution is -2.48. The Hall–Kier alpha value is -3.39. The summed E-state index contributed by atoms with van der Waals surface area (Å²) in [6.45, 7) is 3.35. The van der Waals surface area contributed by atoms with Crippen molar-refractivity contribution in [3.8, 4) is 0 Å². The smallest absolute Gasteiger partial charge is 0.339 e. The van der Waals surface area contributed by atoms with Crippen LogP contribution in [0.25, 0.3) is 0 Å². The minimum absolute atomic E-state index is 0.177. The van der Waals surface area contributed by atoms with Crippen LogP contribution in [0.5, 0.6) is 0 Å². The van der Waals surface area contributed by atoms with Gasteiger partial charge in [0.2, 0.25) is 5.91 Å². The van der Waals surface area contributed by atoms with E-state index in [0.717, 1.165) is 31.9 Å². The first-order valence-electron chi connectivity index (χ1n) is 10.2. The first-order chi connectivity index (χ1) is 15.0. The molecule has 1 atom stereocenters. The molecule has 1 saturated heterocycles. The number of carboxylic acids is 1. The number of esters is 1. The van der Waals surface area contributed by atoms with Crippen LogP contribution in [0.4, 0.5) is 11.4 Å². The third-order valence-electron chi connectivity index (χ3n) is 5.36. The molecular formula is C23H27N3O5. The second-order valence-corrected chi connectivity index (χ2v) is 7.45. The number of amides is 1. The van der Waals surface area contributed by atoms with Gasteiger partial charge in [0.1, 0.15) is 0 Å². The van der Waals surface area contributed by atoms with E-state index < -0.39 is 23.8 Å². The topological polar surface area (TPSA) is 99.2 Å². The standard InChI is InChI=1S/C23H27N3O5/c1-31-23(30)19-9-5-6-10-20(19)24-21(27)15-17(22(28)29)16-25-11-13-26(14-12-25)18-7-3-2-4-8-18/h2-10,17H,11-16H2,1H3,(H,24,27)(H,28,29)/t17-/m1/s1. The Labute approximate surface area is 181 Å². The van der Waals surface area contributed by atoms with Crippen molar-refractivity contribution in [1.29, 1.82) is 0 Å². The molecule has 1 amide bonds. The van der Waals surface area contributed by atoms with Gasteiger partial charge in [-0.2, -0.15) is 0 Å². The quantitative estimate of drug-likeness (QED) is 0.626. The number of methoxy groups -OCH3 is 1. The Bertz CT molecular complexity index is 910. The monoisotopic (exact) mass is 425 g/mol. The van der Waals surface area contributed by atoms with Gasteiger partial charge in [-0.1, -0.05) is 30.3 Å². The SMILES string of the molecule is COC(=O)c1ccccc1NC(=O)C[C@H](CN1CCN(c2ccccc2)CC1)C(=O)O. The number of hydrogen-bond donors (Lipinski definition) is 2. The van der Waals surface area contributed by atoms with Gasteiger partial charge >= 0.3 is 11.9 Å². The first-order valence-corrected chi connectivity index (χ1v) is 10.2. The molecule has 31 heavy (non-hydrogen) atoms. The number of carboxylic acid groups (broad SMARTS) is 1. The molecule has 0 unspecified atom stereocenters. The molecule has 0 radical (unpaired) electrons. The van der Waals surface area contributed by atoms with Crippen molar-refractivity contribution in [1.82, 2.24) is 4.90 Å². The maximum absolute atomic E-state index is 12.5. The summed E-state index contributed by atoms with van der Waals surface area (Å²) in [5.41, 5.74) is 1.68. The predicted molar refractivity (Wildman–Crippen MR) is 117 cm³/mol. The minimum atomic E-state index is -1.01. The summed E-state index contributed by atoms with van der Waals surface area (Å²) >= 11 is 0. The highest BCUT2D eigenvalue weighted by Crippen LogP contribution is 2.19. The zero-order valence-electron chi connectivity index (χ0n) is 17.5. The van der Waals surface area contributed by atoms with Crippen LogP contribution in [-0.2, 0) is 14.3 Å². The van der Waals surface area contributed by atoms with E-state index in [4.69, 9.17) is 4.74 Å². The fourth-order valence-electron chi connectivity index (χ4n) is 3.67. The summed E-state index contributed by atoms with van der Waals surface area (Å²) < 4.78 is 4.72. The summed E-state index contributed by atoms with van der Waals surface area (Å²) in [4.78, 5) is 40.5. The molecule has 8 heteroatoms. The Morgan fingerprint density at radius 3 is 2.29 bits per heavy atom. The zero-order chi connectivity index (χ0) is 22.2. The molecule has 3 rings (SSSR count). The number of hydrogen-bond acceptors (Lipinski definition) is 6. The normalized spacial score (nSPS) is 15.2. The fraction of sp³-hybridized carbons (Fsp3) is 0.348. The van der Waals surface area contributed by atoms with E-state index in [2.05, 4.69) is 27.2 Å². The Morgan fingerprint density at radius 2 is 1.65 bits per heavy atom. The van der Waals surface area contributed by atoms with Crippen molar-refractivity contribution in [2.45, 2.75) is 6.42 Å². The highest BCUT2D eigenvalue weighted by atomic mass is 16.5. The molecule has 8 nitrogen and oxygen atoms in total. The van der Waals surface area contributed by atoms with Crippen LogP contribution >= 0.6 is 0 Å². The maximum atomic E-state index is 12.5. The third-order valence-corrected chi connectivity index (χ3v) is 5.36. The highest BCUT2D eigenvalue weighted by Gasteiger charge is 2.27. The molecule has 2 aromatic rings. The number of para-hydroxylation sites is 2. The van der Waals surface area contributed by atoms with Gasteiger partial charge in [-0.3, -0.25) is 14.5 Å². The van der Waals surface area contributed by atoms with Gasteiger partial charge in [0, 0.05) is 44.8 Å². The summed E-state index contributed by atoms with van der Waals surface area (Å²) in [5, 5.41) is 12.3. The van der Waals surface area contributed by atoms with Crippen LogP contribution in [0, 0.1) is 5.92 Å². The molecule has 0 aliphatic carbocycles. The lowest BCUT2D eigenvalue weighted by molar-refractivity contribution is -0.144. The van der Waals surface area contributed by atoms with Gasteiger partial charge in [0.25, 0.3) is 0 Å². The molecule has 1 fully saturated rings. The predicted octanol–water partition coefficient (Wildman–Crippen LogP) is 2.32. The molecule has 164 valence electrons. The van der Waals surface area contributed by atoms with Crippen LogP contribution in [0.15, 0.2) is 54.6 Å². The van der Waals surface area contributed by atoms with Crippen molar-refractivity contribution in [3.63, 3.8) is 0 Å². The molecule has 0 bridgehead atoms. The second-order valence-electron chi connectivity index (χ2n) is 7.45. The summed E-state index contributed by atoms with van der Waals surface area (Å²) in [7, 11) is 1.26. The van der Waals surface area contributed by atoms with Crippen molar-refractivity contribution in [2.24, 2.45) is 5.92 Å². The van der Waals surface area contributed by atoms with E-state index in [0.29, 0.717) is 12.2 Å². The number of carbonyl (C=O) groups is 3. The van der Waals surface area contributed by atoms with E-state index in [9.17, 15) is 19.5 Å². The van der Waals surface area contributed by atoms with Crippen LogP contribution in [0.2, 0.25) is 0 Å². The average Bonchev–Trinajstić information content (AvgIpc) is 2.79. The van der Waals surface area contributed by atoms with E-state index in [1.807, 2.05) is 18.2 Å². The van der Waals surface area contributed by atoms with Crippen LogP contribution in [0.1, 0.15) is 16.8 Å². The van der Waals surface area contributed by atoms with Crippen LogP contribution < -0.4 is 10.2 Å². The first kappa shape index (κ1) is 22.3. The lowest BCUT2D eigenvalue weighted by Gasteiger charge is -2.37. The summed E-state index contributed by atoms with van der Waals surface area (Å²) in [5.74, 6) is -2.87. The Kier molecular flexibility index (Phi) is 7.61. The minimum Gasteiger partial charge on any atom is -0.481 e. The number of carbonyl (C=O) groups excluding carboxylic acids is 2. The maximum Gasteiger partial charge on any atom is 0.339 e. The average molecular weight is 425 g/mol. The Balaban J connectivity index is 1.55. The number of rotatable bonds is 8. The highest BCUT2D eigenvalue weighted by molar-refractivity contribution is 6.01. The van der Waals surface area contributed by atoms with E-state index in [1.165, 1.54) is 7.11 Å². The van der Waals surface area contributed by atoms with Gasteiger partial charge in [0.15, 0.2) is 0 Å². The van der Waals surface area contributed by atoms with Crippen molar-refractivity contribution in [2.75, 3.05) is 50.1 Å². The van der Waals surface area contributed by atoms with E-state index >= 15 is 0 Å². The third kappa shape index (κ3) is 6.05. The van der Waals surface area contributed by atoms with E-state index in [-0.39, 0.29) is 12.0 Å². The number of benzene rings is 2. The van der Waals surface area contributed by atoms with Gasteiger partial charge in [-0.15, -0.1) is 0 Å². The molecule has 0 aromatic heterocycles. The van der Waals surface area contributed by atoms with E-state index in [1.54, 1.807) is 24.3 Å². The molecule has 0 saturated carbocycles. The van der Waals surface area contributed by atoms with Crippen LogP contribution in [0.3, 0.4) is 0 Å². The fourth-order valence-corrected chi connectivity index (χ4v) is 3.67. The lowest BCUT2D eigenvalue weighted by atomic mass is 10.0. The molecule has 2 N–H and O–H groups in total. The van der Waals surface area contributed by atoms with Gasteiger partial charge in [-0.25, -0.2) is 4.79 Å². The zero-order valence-corrected chi connectivity index (χ0v) is 17.5. The number of aliphatic carboxylic acids is 1. The van der Waals surface area contributed by atoms with Crippen molar-refractivity contribution >= 4 is 29.2 Å². The van der Waals surface area contributed by atoms with Gasteiger partial charge in [0.05, 0.1) is 24.3 Å². The second kappa shape index (κ2) is 10.6. The van der Waals surface area contributed by atoms with Crippen LogP contribution in [-0.4, -0.2) is 67.7 Å². The number of ether oxygens (including phenoxy) is 1. The Morgan fingerprint density at radius 1 is 1.00 bits per heavy atom. The number of piperazine rings is 1. The molecule has 1 aliphatic heterocycles.